The van der Waals surface area contributed by atoms with Crippen LogP contribution in [0.15, 0.2) is 77.9 Å². The zero-order valence-corrected chi connectivity index (χ0v) is 22.1. The number of benzene rings is 3. The van der Waals surface area contributed by atoms with Crippen LogP contribution in [0, 0.1) is 19.3 Å². The van der Waals surface area contributed by atoms with E-state index in [9.17, 15) is 9.59 Å². The third kappa shape index (κ3) is 5.92. The molecule has 0 saturated carbocycles. The number of aromatic nitrogens is 1. The second-order valence-electron chi connectivity index (χ2n) is 10.3. The third-order valence-electron chi connectivity index (χ3n) is 6.16. The molecule has 4 aromatic rings. The molecule has 37 heavy (non-hydrogen) atoms. The van der Waals surface area contributed by atoms with Gasteiger partial charge in [0.1, 0.15) is 0 Å². The van der Waals surface area contributed by atoms with Crippen molar-refractivity contribution < 1.29 is 9.59 Å². The molecule has 3 aromatic carbocycles. The summed E-state index contributed by atoms with van der Waals surface area (Å²) in [5.41, 5.74) is 9.54. The van der Waals surface area contributed by atoms with Gasteiger partial charge in [0.2, 0.25) is 5.91 Å². The molecule has 0 aliphatic heterocycles. The van der Waals surface area contributed by atoms with E-state index in [4.69, 9.17) is 4.98 Å². The molecule has 0 atom stereocenters. The average Bonchev–Trinajstić information content (AvgIpc) is 2.86. The maximum atomic E-state index is 13.3. The van der Waals surface area contributed by atoms with Crippen LogP contribution >= 0.6 is 0 Å². The molecule has 188 valence electrons. The molecule has 0 saturated heterocycles. The Hall–Kier alpha value is -4.32. The number of hydrogen-bond acceptors (Lipinski definition) is 4. The number of fused-ring (bicyclic) bond motifs is 1. The van der Waals surface area contributed by atoms with E-state index in [1.807, 2.05) is 101 Å². The first-order valence-corrected chi connectivity index (χ1v) is 12.3. The predicted molar refractivity (Wildman–Crippen MR) is 151 cm³/mol. The highest BCUT2D eigenvalue weighted by Gasteiger charge is 2.21. The molecular formula is C31H32N4O2. The van der Waals surface area contributed by atoms with Crippen LogP contribution in [0.5, 0.6) is 0 Å². The number of amides is 2. The molecule has 4 rings (SSSR count). The molecule has 0 aliphatic rings. The highest BCUT2D eigenvalue weighted by molar-refractivity contribution is 6.08. The van der Waals surface area contributed by atoms with Gasteiger partial charge in [0.05, 0.1) is 22.5 Å². The Kier molecular flexibility index (Phi) is 7.21. The van der Waals surface area contributed by atoms with E-state index in [1.165, 1.54) is 5.56 Å². The minimum absolute atomic E-state index is 0.0725. The Balaban J connectivity index is 1.63. The van der Waals surface area contributed by atoms with E-state index < -0.39 is 5.41 Å². The first-order valence-electron chi connectivity index (χ1n) is 12.3. The number of rotatable bonds is 5. The average molecular weight is 493 g/mol. The van der Waals surface area contributed by atoms with Crippen molar-refractivity contribution in [2.75, 3.05) is 5.32 Å². The summed E-state index contributed by atoms with van der Waals surface area (Å²) in [6.07, 6.45) is 0. The Morgan fingerprint density at radius 3 is 2.38 bits per heavy atom. The number of para-hydroxylation sites is 1. The number of carbonyl (C=O) groups excluding carboxylic acids is 2. The lowest BCUT2D eigenvalue weighted by Crippen LogP contribution is -2.27. The molecule has 1 heterocycles. The standard InChI is InChI=1S/C31H32N4O2/c1-19-14-15-24(20(2)16-19)28-18-26(25-12-7-8-13-27(25)33-28)29(36)35-34-21(3)22-10-9-11-23(17-22)32-30(37)31(4,5)6/h7-18H,1-6H3,(H,32,37)(H,35,36). The lowest BCUT2D eigenvalue weighted by molar-refractivity contribution is -0.123. The molecule has 2 N–H and O–H groups in total. The van der Waals surface area contributed by atoms with Crippen molar-refractivity contribution in [1.82, 2.24) is 10.4 Å². The molecule has 0 unspecified atom stereocenters. The summed E-state index contributed by atoms with van der Waals surface area (Å²) < 4.78 is 0. The van der Waals surface area contributed by atoms with Crippen LogP contribution in [0.4, 0.5) is 5.69 Å². The minimum atomic E-state index is -0.504. The predicted octanol–water partition coefficient (Wildman–Crippen LogP) is 6.66. The summed E-state index contributed by atoms with van der Waals surface area (Å²) in [4.78, 5) is 30.5. The van der Waals surface area contributed by atoms with Gasteiger partial charge in [0.15, 0.2) is 0 Å². The summed E-state index contributed by atoms with van der Waals surface area (Å²) in [6, 6.07) is 23.0. The van der Waals surface area contributed by atoms with Gasteiger partial charge in [-0.15, -0.1) is 0 Å². The minimum Gasteiger partial charge on any atom is -0.326 e. The van der Waals surface area contributed by atoms with E-state index in [0.29, 0.717) is 17.0 Å². The fraction of sp³-hybridized carbons (Fsp3) is 0.226. The van der Waals surface area contributed by atoms with Crippen LogP contribution in [0.25, 0.3) is 22.2 Å². The SMILES string of the molecule is CC(=NNC(=O)c1cc(-c2ccc(C)cc2C)nc2ccccc12)c1cccc(NC(=O)C(C)(C)C)c1. The summed E-state index contributed by atoms with van der Waals surface area (Å²) in [5, 5.41) is 8.05. The van der Waals surface area contributed by atoms with E-state index in [2.05, 4.69) is 28.8 Å². The van der Waals surface area contributed by atoms with Gasteiger partial charge >= 0.3 is 0 Å². The Labute approximate surface area is 217 Å². The molecule has 0 aliphatic carbocycles. The first kappa shape index (κ1) is 25.8. The maximum Gasteiger partial charge on any atom is 0.272 e. The van der Waals surface area contributed by atoms with Crippen LogP contribution in [0.3, 0.4) is 0 Å². The highest BCUT2D eigenvalue weighted by Crippen LogP contribution is 2.28. The van der Waals surface area contributed by atoms with Crippen LogP contribution in [0.2, 0.25) is 0 Å². The first-order chi connectivity index (χ1) is 17.5. The van der Waals surface area contributed by atoms with Gasteiger partial charge in [-0.25, -0.2) is 10.4 Å². The van der Waals surface area contributed by atoms with Gasteiger partial charge < -0.3 is 5.32 Å². The van der Waals surface area contributed by atoms with Crippen LogP contribution in [-0.2, 0) is 4.79 Å². The van der Waals surface area contributed by atoms with Gasteiger partial charge in [-0.3, -0.25) is 9.59 Å². The number of pyridine rings is 1. The van der Waals surface area contributed by atoms with Gasteiger partial charge in [0.25, 0.3) is 5.91 Å². The van der Waals surface area contributed by atoms with E-state index in [0.717, 1.165) is 33.3 Å². The lowest BCUT2D eigenvalue weighted by atomic mass is 9.95. The molecule has 0 fully saturated rings. The molecule has 1 aromatic heterocycles. The number of hydrogen-bond donors (Lipinski definition) is 2. The summed E-state index contributed by atoms with van der Waals surface area (Å²) in [6.45, 7) is 11.5. The van der Waals surface area contributed by atoms with Crippen molar-refractivity contribution in [3.63, 3.8) is 0 Å². The number of aryl methyl sites for hydroxylation is 2. The Morgan fingerprint density at radius 1 is 0.892 bits per heavy atom. The number of nitrogens with one attached hydrogen (secondary N) is 2. The molecule has 0 bridgehead atoms. The van der Waals surface area contributed by atoms with E-state index in [1.54, 1.807) is 0 Å². The zero-order valence-electron chi connectivity index (χ0n) is 22.1. The van der Waals surface area contributed by atoms with E-state index >= 15 is 0 Å². The van der Waals surface area contributed by atoms with Gasteiger partial charge in [-0.2, -0.15) is 5.10 Å². The van der Waals surface area contributed by atoms with Crippen molar-refractivity contribution in [1.29, 1.82) is 0 Å². The topological polar surface area (TPSA) is 83.4 Å². The largest absolute Gasteiger partial charge is 0.326 e. The monoisotopic (exact) mass is 492 g/mol. The summed E-state index contributed by atoms with van der Waals surface area (Å²) >= 11 is 0. The fourth-order valence-electron chi connectivity index (χ4n) is 4.00. The van der Waals surface area contributed by atoms with Crippen LogP contribution in [-0.4, -0.2) is 22.5 Å². The summed E-state index contributed by atoms with van der Waals surface area (Å²) in [5.74, 6) is -0.391. The van der Waals surface area contributed by atoms with Crippen molar-refractivity contribution >= 4 is 34.1 Å². The lowest BCUT2D eigenvalue weighted by Gasteiger charge is -2.18. The molecular weight excluding hydrogens is 460 g/mol. The van der Waals surface area contributed by atoms with Crippen molar-refractivity contribution in [3.05, 3.63) is 95.1 Å². The van der Waals surface area contributed by atoms with Crippen molar-refractivity contribution in [2.24, 2.45) is 10.5 Å². The number of hydrazone groups is 1. The number of carbonyl (C=O) groups is 2. The van der Waals surface area contributed by atoms with Crippen molar-refractivity contribution in [2.45, 2.75) is 41.5 Å². The number of anilines is 1. The van der Waals surface area contributed by atoms with Crippen LogP contribution < -0.4 is 10.7 Å². The molecule has 0 spiro atoms. The molecule has 2 amide bonds. The van der Waals surface area contributed by atoms with Gasteiger partial charge in [-0.1, -0.05) is 74.9 Å². The highest BCUT2D eigenvalue weighted by atomic mass is 16.2. The van der Waals surface area contributed by atoms with Crippen molar-refractivity contribution in [3.8, 4) is 11.3 Å². The van der Waals surface area contributed by atoms with Gasteiger partial charge in [-0.05, 0) is 56.2 Å². The Morgan fingerprint density at radius 2 is 1.65 bits per heavy atom. The quantitative estimate of drug-likeness (QED) is 0.241. The molecule has 0 radical (unpaired) electrons. The van der Waals surface area contributed by atoms with Crippen LogP contribution in [0.1, 0.15) is 54.7 Å². The smallest absolute Gasteiger partial charge is 0.272 e. The summed E-state index contributed by atoms with van der Waals surface area (Å²) in [7, 11) is 0. The normalized spacial score (nSPS) is 11.9. The second-order valence-corrected chi connectivity index (χ2v) is 10.3. The third-order valence-corrected chi connectivity index (χ3v) is 6.16. The number of nitrogens with zero attached hydrogens (tertiary/aromatic N) is 2. The maximum absolute atomic E-state index is 13.3. The second kappa shape index (κ2) is 10.3. The zero-order chi connectivity index (χ0) is 26.7. The van der Waals surface area contributed by atoms with E-state index in [-0.39, 0.29) is 11.8 Å². The molecule has 6 nitrogen and oxygen atoms in total. The Bertz CT molecular complexity index is 1530. The molecule has 6 heteroatoms. The fourth-order valence-corrected chi connectivity index (χ4v) is 4.00. The van der Waals surface area contributed by atoms with Gasteiger partial charge in [0, 0.05) is 22.1 Å².